The lowest BCUT2D eigenvalue weighted by Crippen LogP contribution is -2.14. The van der Waals surface area contributed by atoms with Crippen LogP contribution in [0.4, 0.5) is 34.1 Å². The van der Waals surface area contributed by atoms with Crippen LogP contribution in [0.5, 0.6) is 0 Å². The summed E-state index contributed by atoms with van der Waals surface area (Å²) in [7, 11) is 0. The number of rotatable bonds is 9. The molecule has 12 aromatic carbocycles. The molecule has 72 heavy (non-hydrogen) atoms. The molecule has 0 bridgehead atoms. The Kier molecular flexibility index (Phi) is 9.82. The summed E-state index contributed by atoms with van der Waals surface area (Å²) in [6, 6.07) is 95.6. The molecule has 0 aliphatic rings. The second-order valence-electron chi connectivity index (χ2n) is 18.4. The van der Waals surface area contributed by atoms with E-state index >= 15 is 0 Å². The Labute approximate surface area is 416 Å². The second kappa shape index (κ2) is 17.1. The van der Waals surface area contributed by atoms with Crippen molar-refractivity contribution in [3.8, 4) is 33.4 Å². The second-order valence-corrected chi connectivity index (χ2v) is 18.4. The zero-order valence-corrected chi connectivity index (χ0v) is 39.1. The van der Waals surface area contributed by atoms with E-state index in [4.69, 9.17) is 8.83 Å². The molecule has 0 amide bonds. The van der Waals surface area contributed by atoms with Crippen molar-refractivity contribution in [2.75, 3.05) is 9.80 Å². The van der Waals surface area contributed by atoms with Gasteiger partial charge in [-0.05, 0) is 129 Å². The Morgan fingerprint density at radius 3 is 1.01 bits per heavy atom. The first-order chi connectivity index (χ1) is 35.7. The zero-order chi connectivity index (χ0) is 47.5. The normalized spacial score (nSPS) is 11.6. The Bertz CT molecular complexity index is 4040. The molecule has 0 radical (unpaired) electrons. The van der Waals surface area contributed by atoms with Gasteiger partial charge in [-0.1, -0.05) is 182 Å². The third-order valence-corrected chi connectivity index (χ3v) is 14.2. The first-order valence-electron chi connectivity index (χ1n) is 24.5. The van der Waals surface area contributed by atoms with Crippen LogP contribution in [-0.4, -0.2) is 0 Å². The lowest BCUT2D eigenvalue weighted by atomic mass is 9.93. The Hall–Kier alpha value is -9.64. The lowest BCUT2D eigenvalue weighted by Gasteiger charge is -2.32. The third-order valence-electron chi connectivity index (χ3n) is 14.2. The molecule has 0 aliphatic heterocycles. The molecule has 0 unspecified atom stereocenters. The van der Waals surface area contributed by atoms with Gasteiger partial charge in [0.1, 0.15) is 22.3 Å². The van der Waals surface area contributed by atoms with E-state index < -0.39 is 0 Å². The molecule has 0 atom stereocenters. The van der Waals surface area contributed by atoms with Gasteiger partial charge in [0, 0.05) is 44.6 Å². The van der Waals surface area contributed by atoms with Crippen LogP contribution in [0.1, 0.15) is 0 Å². The minimum atomic E-state index is 0.806. The summed E-state index contributed by atoms with van der Waals surface area (Å²) in [6.45, 7) is 0. The van der Waals surface area contributed by atoms with E-state index in [1.54, 1.807) is 0 Å². The number of fused-ring (bicyclic) bond motifs is 8. The van der Waals surface area contributed by atoms with Gasteiger partial charge in [-0.3, -0.25) is 0 Å². The number of furan rings is 2. The van der Waals surface area contributed by atoms with Crippen LogP contribution in [0.2, 0.25) is 0 Å². The topological polar surface area (TPSA) is 32.8 Å². The predicted molar refractivity (Wildman–Crippen MR) is 302 cm³/mol. The molecule has 2 heterocycles. The van der Waals surface area contributed by atoms with Crippen molar-refractivity contribution in [2.24, 2.45) is 0 Å². The van der Waals surface area contributed by atoms with Gasteiger partial charge < -0.3 is 18.6 Å². The van der Waals surface area contributed by atoms with Gasteiger partial charge in [0.2, 0.25) is 0 Å². The first-order valence-corrected chi connectivity index (χ1v) is 24.5. The van der Waals surface area contributed by atoms with Gasteiger partial charge in [0.05, 0.1) is 22.1 Å². The summed E-state index contributed by atoms with van der Waals surface area (Å²) in [6.07, 6.45) is 0. The predicted octanol–water partition coefficient (Wildman–Crippen LogP) is 19.7. The number of hydrogen-bond acceptors (Lipinski definition) is 4. The van der Waals surface area contributed by atoms with Crippen molar-refractivity contribution in [3.63, 3.8) is 0 Å². The van der Waals surface area contributed by atoms with Crippen molar-refractivity contribution in [3.05, 3.63) is 267 Å². The number of benzene rings is 12. The largest absolute Gasteiger partial charge is 0.456 e. The van der Waals surface area contributed by atoms with Crippen LogP contribution < -0.4 is 9.80 Å². The summed E-state index contributed by atoms with van der Waals surface area (Å²) in [5.41, 5.74) is 16.1. The average molecular weight is 921 g/mol. The van der Waals surface area contributed by atoms with Crippen molar-refractivity contribution in [1.29, 1.82) is 0 Å². The maximum absolute atomic E-state index is 6.82. The SMILES string of the molecule is c1ccc(-c2ccc(N(c3ccc4ccccc4c3)c3c(-c4ccc5oc6ccccc6c5c4N(c4ccc(-c5ccccc5)cc4)c4ccc5ccccc5c4)ccc4oc5ccccc5c34)cc2)cc1. The van der Waals surface area contributed by atoms with Crippen LogP contribution in [0.3, 0.4) is 0 Å². The summed E-state index contributed by atoms with van der Waals surface area (Å²) in [4.78, 5) is 4.88. The van der Waals surface area contributed by atoms with Crippen LogP contribution in [0, 0.1) is 0 Å². The highest BCUT2D eigenvalue weighted by Crippen LogP contribution is 2.54. The molecule has 0 fully saturated rings. The molecule has 14 aromatic rings. The highest BCUT2D eigenvalue weighted by atomic mass is 16.3. The van der Waals surface area contributed by atoms with Crippen LogP contribution in [0.15, 0.2) is 276 Å². The molecular weight excluding hydrogens is 877 g/mol. The van der Waals surface area contributed by atoms with E-state index in [2.05, 4.69) is 277 Å². The number of nitrogens with zero attached hydrogens (tertiary/aromatic N) is 2. The fraction of sp³-hybridized carbons (Fsp3) is 0. The highest BCUT2D eigenvalue weighted by Gasteiger charge is 2.30. The Morgan fingerprint density at radius 2 is 0.583 bits per heavy atom. The quantitative estimate of drug-likeness (QED) is 0.144. The smallest absolute Gasteiger partial charge is 0.137 e. The standard InChI is InChI=1S/C68H44N2O2/c1-3-15-45(16-4-1)49-27-33-53(34-28-49)69(55-37-31-47-19-7-9-21-51(47)43-55)67-57(39-41-63-65(67)59-23-11-13-25-61(59)71-63)58-40-42-64-66(60-24-12-14-26-62(60)72-64)68(58)70(56-38-32-48-20-8-10-22-52(48)44-56)54-35-29-50(30-36-54)46-17-5-2-6-18-46/h1-44H. The monoisotopic (exact) mass is 920 g/mol. The third kappa shape index (κ3) is 7.00. The van der Waals surface area contributed by atoms with Crippen molar-refractivity contribution < 1.29 is 8.83 Å². The number of para-hydroxylation sites is 2. The molecule has 14 rings (SSSR count). The van der Waals surface area contributed by atoms with E-state index in [-0.39, 0.29) is 0 Å². The van der Waals surface area contributed by atoms with Crippen molar-refractivity contribution >= 4 is 99.5 Å². The van der Waals surface area contributed by atoms with Gasteiger partial charge in [-0.25, -0.2) is 0 Å². The van der Waals surface area contributed by atoms with Gasteiger partial charge in [0.15, 0.2) is 0 Å². The summed E-state index contributed by atoms with van der Waals surface area (Å²) in [5.74, 6) is 0. The van der Waals surface area contributed by atoms with E-state index in [9.17, 15) is 0 Å². The van der Waals surface area contributed by atoms with Gasteiger partial charge >= 0.3 is 0 Å². The fourth-order valence-corrected chi connectivity index (χ4v) is 10.8. The molecule has 0 saturated carbocycles. The van der Waals surface area contributed by atoms with Crippen molar-refractivity contribution in [2.45, 2.75) is 0 Å². The highest BCUT2D eigenvalue weighted by molar-refractivity contribution is 6.22. The fourth-order valence-electron chi connectivity index (χ4n) is 10.8. The number of anilines is 6. The van der Waals surface area contributed by atoms with Gasteiger partial charge in [-0.2, -0.15) is 0 Å². The average Bonchev–Trinajstić information content (AvgIpc) is 4.03. The van der Waals surface area contributed by atoms with E-state index in [0.29, 0.717) is 0 Å². The lowest BCUT2D eigenvalue weighted by molar-refractivity contribution is 0.668. The van der Waals surface area contributed by atoms with Gasteiger partial charge in [0.25, 0.3) is 0 Å². The first kappa shape index (κ1) is 41.3. The minimum Gasteiger partial charge on any atom is -0.456 e. The summed E-state index contributed by atoms with van der Waals surface area (Å²) >= 11 is 0. The Morgan fingerprint density at radius 1 is 0.236 bits per heavy atom. The minimum absolute atomic E-state index is 0.806. The molecule has 0 spiro atoms. The summed E-state index contributed by atoms with van der Waals surface area (Å²) in [5, 5.41) is 8.78. The molecule has 338 valence electrons. The maximum atomic E-state index is 6.82. The molecule has 0 aliphatic carbocycles. The van der Waals surface area contributed by atoms with Crippen molar-refractivity contribution in [1.82, 2.24) is 0 Å². The molecule has 0 saturated heterocycles. The maximum Gasteiger partial charge on any atom is 0.137 e. The Balaban J connectivity index is 1.11. The van der Waals surface area contributed by atoms with E-state index in [1.165, 1.54) is 21.9 Å². The zero-order valence-electron chi connectivity index (χ0n) is 39.1. The molecular formula is C68H44N2O2. The summed E-state index contributed by atoms with van der Waals surface area (Å²) < 4.78 is 13.6. The van der Waals surface area contributed by atoms with Crippen LogP contribution in [-0.2, 0) is 0 Å². The van der Waals surface area contributed by atoms with E-state index in [0.717, 1.165) is 111 Å². The van der Waals surface area contributed by atoms with Crippen LogP contribution in [0.25, 0.3) is 98.8 Å². The van der Waals surface area contributed by atoms with Crippen LogP contribution >= 0.6 is 0 Å². The molecule has 2 aromatic heterocycles. The number of hydrogen-bond donors (Lipinski definition) is 0. The molecule has 4 heteroatoms. The molecule has 0 N–H and O–H groups in total. The van der Waals surface area contributed by atoms with Gasteiger partial charge in [-0.15, -0.1) is 0 Å². The molecule has 4 nitrogen and oxygen atoms in total. The van der Waals surface area contributed by atoms with E-state index in [1.807, 2.05) is 0 Å².